The highest BCUT2D eigenvalue weighted by atomic mass is 32.2. The molecule has 3 rings (SSSR count). The van der Waals surface area contributed by atoms with E-state index in [0.29, 0.717) is 19.6 Å². The first-order valence-corrected chi connectivity index (χ1v) is 9.65. The summed E-state index contributed by atoms with van der Waals surface area (Å²) in [6, 6.07) is 4.81. The molecule has 0 atom stereocenters. The van der Waals surface area contributed by atoms with E-state index in [9.17, 15) is 17.6 Å². The first-order valence-electron chi connectivity index (χ1n) is 8.21. The second kappa shape index (κ2) is 7.16. The molecule has 0 spiro atoms. The first-order chi connectivity index (χ1) is 11.5. The third-order valence-electron chi connectivity index (χ3n) is 4.45. The summed E-state index contributed by atoms with van der Waals surface area (Å²) in [6.07, 6.45) is 2.47. The Morgan fingerprint density at radius 2 is 1.75 bits per heavy atom. The zero-order chi connectivity index (χ0) is 17.2. The average molecular weight is 355 g/mol. The van der Waals surface area contributed by atoms with Crippen LogP contribution in [0.3, 0.4) is 0 Å². The molecule has 1 saturated heterocycles. The second-order valence-corrected chi connectivity index (χ2v) is 8.25. The van der Waals surface area contributed by atoms with Crippen LogP contribution in [0, 0.1) is 11.7 Å². The van der Waals surface area contributed by atoms with Crippen LogP contribution in [0.4, 0.5) is 4.39 Å². The molecular formula is C16H22FN3O3S. The van der Waals surface area contributed by atoms with Crippen molar-refractivity contribution in [3.63, 3.8) is 0 Å². The molecule has 0 aromatic heterocycles. The van der Waals surface area contributed by atoms with Gasteiger partial charge in [0.25, 0.3) is 0 Å². The van der Waals surface area contributed by atoms with Gasteiger partial charge in [-0.05, 0) is 49.6 Å². The first kappa shape index (κ1) is 17.3. The van der Waals surface area contributed by atoms with Crippen molar-refractivity contribution in [2.24, 2.45) is 5.92 Å². The van der Waals surface area contributed by atoms with Crippen molar-refractivity contribution in [1.29, 1.82) is 0 Å². The van der Waals surface area contributed by atoms with Gasteiger partial charge in [0, 0.05) is 26.2 Å². The number of carbonyl (C=O) groups excluding carboxylic acids is 1. The van der Waals surface area contributed by atoms with Gasteiger partial charge in [0.1, 0.15) is 5.82 Å². The number of nitrogens with one attached hydrogen (secondary N) is 1. The van der Waals surface area contributed by atoms with Gasteiger partial charge in [0.05, 0.1) is 11.4 Å². The number of piperazine rings is 1. The molecule has 1 aliphatic heterocycles. The number of halogens is 1. The Balaban J connectivity index is 1.51. The summed E-state index contributed by atoms with van der Waals surface area (Å²) in [4.78, 5) is 13.9. The fourth-order valence-corrected chi connectivity index (χ4v) is 4.17. The predicted octanol–water partition coefficient (Wildman–Crippen LogP) is 0.658. The molecule has 132 valence electrons. The molecule has 2 fully saturated rings. The fourth-order valence-electron chi connectivity index (χ4n) is 2.75. The zero-order valence-electron chi connectivity index (χ0n) is 13.4. The monoisotopic (exact) mass is 355 g/mol. The lowest BCUT2D eigenvalue weighted by Crippen LogP contribution is -2.52. The maximum absolute atomic E-state index is 13.0. The quantitative estimate of drug-likeness (QED) is 0.814. The van der Waals surface area contributed by atoms with Crippen LogP contribution in [0.15, 0.2) is 29.2 Å². The minimum absolute atomic E-state index is 0.00878. The van der Waals surface area contributed by atoms with Crippen molar-refractivity contribution >= 4 is 15.9 Å². The molecule has 8 heteroatoms. The van der Waals surface area contributed by atoms with Gasteiger partial charge in [-0.1, -0.05) is 0 Å². The van der Waals surface area contributed by atoms with Crippen molar-refractivity contribution in [2.45, 2.75) is 17.7 Å². The molecule has 6 nitrogen and oxygen atoms in total. The van der Waals surface area contributed by atoms with Crippen molar-refractivity contribution in [2.75, 3.05) is 39.3 Å². The lowest BCUT2D eigenvalue weighted by atomic mass is 10.3. The lowest BCUT2D eigenvalue weighted by Gasteiger charge is -2.34. The van der Waals surface area contributed by atoms with Crippen LogP contribution in [0.5, 0.6) is 0 Å². The Hall–Kier alpha value is -1.51. The molecule has 1 aromatic carbocycles. The molecule has 1 aromatic rings. The summed E-state index contributed by atoms with van der Waals surface area (Å²) in [5.74, 6) is 0.257. The number of hydrogen-bond donors (Lipinski definition) is 1. The standard InChI is InChI=1S/C16H22FN3O3S/c17-14-3-5-15(6-4-14)24(22,23)20-9-7-19(8-10-20)16(21)12-18-11-13-1-2-13/h3-6,13,18H,1-2,7-12H2. The second-order valence-electron chi connectivity index (χ2n) is 6.31. The number of sulfonamides is 1. The largest absolute Gasteiger partial charge is 0.339 e. The Morgan fingerprint density at radius 3 is 2.33 bits per heavy atom. The lowest BCUT2D eigenvalue weighted by molar-refractivity contribution is -0.131. The molecule has 0 radical (unpaired) electrons. The van der Waals surface area contributed by atoms with Gasteiger partial charge in [0.2, 0.25) is 15.9 Å². The van der Waals surface area contributed by atoms with Gasteiger partial charge in [-0.2, -0.15) is 4.31 Å². The van der Waals surface area contributed by atoms with Crippen LogP contribution >= 0.6 is 0 Å². The van der Waals surface area contributed by atoms with E-state index in [1.54, 1.807) is 4.90 Å². The molecule has 0 unspecified atom stereocenters. The van der Waals surface area contributed by atoms with Crippen LogP contribution in [0.2, 0.25) is 0 Å². The highest BCUT2D eigenvalue weighted by Crippen LogP contribution is 2.27. The van der Waals surface area contributed by atoms with Gasteiger partial charge in [-0.25, -0.2) is 12.8 Å². The molecular weight excluding hydrogens is 333 g/mol. The van der Waals surface area contributed by atoms with E-state index in [-0.39, 0.29) is 23.9 Å². The van der Waals surface area contributed by atoms with Crippen LogP contribution < -0.4 is 5.32 Å². The van der Waals surface area contributed by atoms with Gasteiger partial charge in [-0.15, -0.1) is 0 Å². The van der Waals surface area contributed by atoms with E-state index in [1.807, 2.05) is 0 Å². The van der Waals surface area contributed by atoms with Crippen LogP contribution in [0.25, 0.3) is 0 Å². The number of amides is 1. The van der Waals surface area contributed by atoms with Crippen molar-refractivity contribution in [3.8, 4) is 0 Å². The normalized spacial score (nSPS) is 19.5. The molecule has 2 aliphatic rings. The Kier molecular flexibility index (Phi) is 5.17. The smallest absolute Gasteiger partial charge is 0.243 e. The van der Waals surface area contributed by atoms with E-state index in [2.05, 4.69) is 5.32 Å². The third kappa shape index (κ3) is 4.12. The third-order valence-corrected chi connectivity index (χ3v) is 6.36. The van der Waals surface area contributed by atoms with E-state index < -0.39 is 15.8 Å². The summed E-state index contributed by atoms with van der Waals surface area (Å²) < 4.78 is 39.3. The van der Waals surface area contributed by atoms with Gasteiger partial charge >= 0.3 is 0 Å². The molecule has 1 heterocycles. The Morgan fingerprint density at radius 1 is 1.12 bits per heavy atom. The summed E-state index contributed by atoms with van der Waals surface area (Å²) in [7, 11) is -3.63. The van der Waals surface area contributed by atoms with Crippen molar-refractivity contribution in [3.05, 3.63) is 30.1 Å². The molecule has 1 aliphatic carbocycles. The number of hydrogen-bond acceptors (Lipinski definition) is 4. The van der Waals surface area contributed by atoms with E-state index in [1.165, 1.54) is 29.3 Å². The number of nitrogens with zero attached hydrogens (tertiary/aromatic N) is 2. The van der Waals surface area contributed by atoms with Gasteiger partial charge in [0.15, 0.2) is 0 Å². The van der Waals surface area contributed by atoms with Crippen molar-refractivity contribution < 1.29 is 17.6 Å². The molecule has 1 saturated carbocycles. The molecule has 0 bridgehead atoms. The SMILES string of the molecule is O=C(CNCC1CC1)N1CCN(S(=O)(=O)c2ccc(F)cc2)CC1. The van der Waals surface area contributed by atoms with Gasteiger partial charge in [-0.3, -0.25) is 4.79 Å². The summed E-state index contributed by atoms with van der Waals surface area (Å²) in [6.45, 7) is 2.46. The van der Waals surface area contributed by atoms with Gasteiger partial charge < -0.3 is 10.2 Å². The van der Waals surface area contributed by atoms with E-state index in [4.69, 9.17) is 0 Å². The maximum atomic E-state index is 13.0. The summed E-state index contributed by atoms with van der Waals surface area (Å²) in [5.41, 5.74) is 0. The zero-order valence-corrected chi connectivity index (χ0v) is 14.3. The highest BCUT2D eigenvalue weighted by Gasteiger charge is 2.30. The number of benzene rings is 1. The van der Waals surface area contributed by atoms with Crippen LogP contribution in [0.1, 0.15) is 12.8 Å². The predicted molar refractivity (Wildman–Crippen MR) is 87.3 cm³/mol. The average Bonchev–Trinajstić information content (AvgIpc) is 3.39. The Bertz CT molecular complexity index is 681. The number of carbonyl (C=O) groups is 1. The Labute approximate surface area is 141 Å². The fraction of sp³-hybridized carbons (Fsp3) is 0.562. The topological polar surface area (TPSA) is 69.7 Å². The molecule has 1 N–H and O–H groups in total. The molecule has 24 heavy (non-hydrogen) atoms. The number of rotatable bonds is 6. The van der Waals surface area contributed by atoms with Crippen LogP contribution in [-0.4, -0.2) is 62.8 Å². The maximum Gasteiger partial charge on any atom is 0.243 e. The van der Waals surface area contributed by atoms with E-state index >= 15 is 0 Å². The minimum Gasteiger partial charge on any atom is -0.339 e. The van der Waals surface area contributed by atoms with E-state index in [0.717, 1.165) is 24.6 Å². The summed E-state index contributed by atoms with van der Waals surface area (Å²) in [5, 5.41) is 3.16. The molecule has 1 amide bonds. The van der Waals surface area contributed by atoms with Crippen molar-refractivity contribution in [1.82, 2.24) is 14.5 Å². The minimum atomic E-state index is -3.63. The highest BCUT2D eigenvalue weighted by molar-refractivity contribution is 7.89. The van der Waals surface area contributed by atoms with Crippen LogP contribution in [-0.2, 0) is 14.8 Å². The summed E-state index contributed by atoms with van der Waals surface area (Å²) >= 11 is 0.